The molecule has 0 saturated carbocycles. The van der Waals surface area contributed by atoms with Gasteiger partial charge in [-0.15, -0.1) is 0 Å². The number of benzene rings is 2. The van der Waals surface area contributed by atoms with E-state index in [9.17, 15) is 8.42 Å². The van der Waals surface area contributed by atoms with Crippen molar-refractivity contribution in [2.45, 2.75) is 24.8 Å². The molecule has 0 saturated heterocycles. The highest BCUT2D eigenvalue weighted by Crippen LogP contribution is 2.38. The summed E-state index contributed by atoms with van der Waals surface area (Å²) in [5.74, 6) is 0.879. The number of rotatable bonds is 5. The summed E-state index contributed by atoms with van der Waals surface area (Å²) in [5, 5.41) is 3.97. The molecule has 2 aromatic carbocycles. The largest absolute Gasteiger partial charge is 0.363 e. The summed E-state index contributed by atoms with van der Waals surface area (Å²) in [6, 6.07) is 14.3. The number of aromatic amines is 1. The molecular formula is C22H22N6O3S. The predicted molar refractivity (Wildman–Crippen MR) is 120 cm³/mol. The lowest BCUT2D eigenvalue weighted by Gasteiger charge is -2.24. The second-order valence-corrected chi connectivity index (χ2v) is 9.26. The fourth-order valence-electron chi connectivity index (χ4n) is 3.88. The minimum atomic E-state index is -3.84. The number of H-pyrrole nitrogens is 1. The Balaban J connectivity index is 1.60. The van der Waals surface area contributed by atoms with E-state index in [1.54, 1.807) is 36.8 Å². The van der Waals surface area contributed by atoms with Crippen LogP contribution in [0.25, 0.3) is 11.5 Å². The minimum absolute atomic E-state index is 0.256. The molecule has 0 amide bonds. The number of anilines is 2. The molecule has 0 fully saturated rings. The molecule has 9 nitrogen and oxygen atoms in total. The molecule has 0 radical (unpaired) electrons. The Kier molecular flexibility index (Phi) is 5.14. The highest BCUT2D eigenvalue weighted by molar-refractivity contribution is 7.93. The lowest BCUT2D eigenvalue weighted by Crippen LogP contribution is -2.35. The van der Waals surface area contributed by atoms with Crippen LogP contribution in [-0.2, 0) is 23.0 Å². The van der Waals surface area contributed by atoms with Gasteiger partial charge in [-0.3, -0.25) is 4.31 Å². The Hall–Kier alpha value is -3.66. The van der Waals surface area contributed by atoms with Crippen molar-refractivity contribution in [3.8, 4) is 11.5 Å². The van der Waals surface area contributed by atoms with Crippen molar-refractivity contribution in [1.29, 1.82) is 0 Å². The second kappa shape index (κ2) is 8.12. The molecule has 0 aliphatic carbocycles. The monoisotopic (exact) mass is 450 g/mol. The fourth-order valence-corrected chi connectivity index (χ4v) is 5.57. The first kappa shape index (κ1) is 20.3. The average Bonchev–Trinajstić information content (AvgIpc) is 3.49. The van der Waals surface area contributed by atoms with E-state index in [4.69, 9.17) is 4.52 Å². The number of aromatic nitrogens is 4. The number of para-hydroxylation sites is 2. The number of hydrogen-bond donors (Lipinski definition) is 1. The molecule has 1 aliphatic heterocycles. The van der Waals surface area contributed by atoms with Crippen LogP contribution in [0.2, 0.25) is 0 Å². The van der Waals surface area contributed by atoms with Crippen LogP contribution in [0.15, 0.2) is 70.5 Å². The van der Waals surface area contributed by atoms with Crippen LogP contribution < -0.4 is 9.21 Å². The molecular weight excluding hydrogens is 428 g/mol. The second-order valence-electron chi connectivity index (χ2n) is 7.43. The van der Waals surface area contributed by atoms with E-state index in [0.29, 0.717) is 48.2 Å². The molecule has 0 unspecified atom stereocenters. The van der Waals surface area contributed by atoms with Crippen LogP contribution in [0.5, 0.6) is 0 Å². The van der Waals surface area contributed by atoms with Crippen LogP contribution in [0.3, 0.4) is 0 Å². The van der Waals surface area contributed by atoms with Gasteiger partial charge >= 0.3 is 0 Å². The van der Waals surface area contributed by atoms with Crippen LogP contribution in [-0.4, -0.2) is 41.6 Å². The highest BCUT2D eigenvalue weighted by Gasteiger charge is 2.34. The van der Waals surface area contributed by atoms with Crippen molar-refractivity contribution in [3.05, 3.63) is 72.6 Å². The molecule has 0 bridgehead atoms. The molecule has 2 aromatic heterocycles. The molecule has 3 heterocycles. The van der Waals surface area contributed by atoms with E-state index in [2.05, 4.69) is 20.1 Å². The lowest BCUT2D eigenvalue weighted by atomic mass is 10.1. The van der Waals surface area contributed by atoms with Gasteiger partial charge in [-0.25, -0.2) is 13.4 Å². The van der Waals surface area contributed by atoms with Crippen molar-refractivity contribution in [3.63, 3.8) is 0 Å². The summed E-state index contributed by atoms with van der Waals surface area (Å²) in [5.41, 5.74) is 2.66. The van der Waals surface area contributed by atoms with E-state index >= 15 is 0 Å². The molecule has 1 aliphatic rings. The van der Waals surface area contributed by atoms with E-state index < -0.39 is 10.0 Å². The summed E-state index contributed by atoms with van der Waals surface area (Å²) in [4.78, 5) is 13.9. The summed E-state index contributed by atoms with van der Waals surface area (Å²) in [6.45, 7) is 3.21. The minimum Gasteiger partial charge on any atom is -0.363 e. The first-order valence-corrected chi connectivity index (χ1v) is 11.8. The van der Waals surface area contributed by atoms with Crippen molar-refractivity contribution in [2.24, 2.45) is 0 Å². The van der Waals surface area contributed by atoms with Gasteiger partial charge in [-0.1, -0.05) is 36.3 Å². The zero-order chi connectivity index (χ0) is 22.1. The Bertz CT molecular complexity index is 1330. The Morgan fingerprint density at radius 3 is 2.59 bits per heavy atom. The van der Waals surface area contributed by atoms with Gasteiger partial charge in [0.25, 0.3) is 15.9 Å². The maximum Gasteiger partial charge on any atom is 0.266 e. The first-order valence-electron chi connectivity index (χ1n) is 10.3. The molecule has 0 atom stereocenters. The highest BCUT2D eigenvalue weighted by atomic mass is 32.2. The number of nitrogens with one attached hydrogen (secondary N) is 1. The third-order valence-electron chi connectivity index (χ3n) is 5.45. The number of hydrogen-bond acceptors (Lipinski definition) is 7. The summed E-state index contributed by atoms with van der Waals surface area (Å²) >= 11 is 0. The van der Waals surface area contributed by atoms with Crippen LogP contribution in [0.1, 0.15) is 18.4 Å². The fraction of sp³-hybridized carbons (Fsp3) is 0.227. The SMILES string of the molecule is CCc1noc(-c2ccccc2N2CCN(Cc3cnc[nH]3)c3ccccc3S2(=O)=O)n1. The molecule has 164 valence electrons. The van der Waals surface area contributed by atoms with Crippen molar-refractivity contribution >= 4 is 21.4 Å². The van der Waals surface area contributed by atoms with Gasteiger partial charge in [0.15, 0.2) is 5.82 Å². The maximum atomic E-state index is 13.8. The van der Waals surface area contributed by atoms with Gasteiger partial charge in [0.05, 0.1) is 42.0 Å². The van der Waals surface area contributed by atoms with E-state index in [1.165, 1.54) is 4.31 Å². The van der Waals surface area contributed by atoms with Gasteiger partial charge in [-0.05, 0) is 24.3 Å². The third kappa shape index (κ3) is 3.52. The first-order chi connectivity index (χ1) is 15.6. The normalized spacial score (nSPS) is 15.4. The third-order valence-corrected chi connectivity index (χ3v) is 7.31. The quantitative estimate of drug-likeness (QED) is 0.497. The average molecular weight is 451 g/mol. The molecule has 5 rings (SSSR count). The van der Waals surface area contributed by atoms with Crippen LogP contribution >= 0.6 is 0 Å². The van der Waals surface area contributed by atoms with Crippen LogP contribution in [0, 0.1) is 0 Å². The summed E-state index contributed by atoms with van der Waals surface area (Å²) < 4.78 is 34.5. The number of aryl methyl sites for hydroxylation is 1. The number of nitrogens with zero attached hydrogens (tertiary/aromatic N) is 5. The lowest BCUT2D eigenvalue weighted by molar-refractivity contribution is 0.423. The molecule has 32 heavy (non-hydrogen) atoms. The van der Waals surface area contributed by atoms with E-state index in [1.807, 2.05) is 36.1 Å². The maximum absolute atomic E-state index is 13.8. The van der Waals surface area contributed by atoms with Gasteiger partial charge in [-0.2, -0.15) is 4.98 Å². The molecule has 1 N–H and O–H groups in total. The Labute approximate surface area is 185 Å². The van der Waals surface area contributed by atoms with Gasteiger partial charge in [0, 0.05) is 19.2 Å². The van der Waals surface area contributed by atoms with Crippen molar-refractivity contribution in [2.75, 3.05) is 22.3 Å². The smallest absolute Gasteiger partial charge is 0.266 e. The zero-order valence-corrected chi connectivity index (χ0v) is 18.3. The number of sulfonamides is 1. The van der Waals surface area contributed by atoms with Gasteiger partial charge in [0.2, 0.25) is 0 Å². The van der Waals surface area contributed by atoms with Gasteiger partial charge in [0.1, 0.15) is 4.90 Å². The summed E-state index contributed by atoms with van der Waals surface area (Å²) in [6.07, 6.45) is 3.99. The topological polar surface area (TPSA) is 108 Å². The van der Waals surface area contributed by atoms with E-state index in [0.717, 1.165) is 5.69 Å². The number of fused-ring (bicyclic) bond motifs is 1. The molecule has 10 heteroatoms. The van der Waals surface area contributed by atoms with E-state index in [-0.39, 0.29) is 11.4 Å². The predicted octanol–water partition coefficient (Wildman–Crippen LogP) is 3.24. The Morgan fingerprint density at radius 1 is 1.06 bits per heavy atom. The molecule has 0 spiro atoms. The standard InChI is InChI=1S/C22H22N6O3S/c1-2-21-25-22(31-26-21)17-7-3-4-8-18(17)28-12-11-27(14-16-13-23-15-24-16)19-9-5-6-10-20(19)32(28,29)30/h3-10,13,15H,2,11-12,14H2,1H3,(H,23,24). The summed E-state index contributed by atoms with van der Waals surface area (Å²) in [7, 11) is -3.84. The number of imidazole rings is 1. The zero-order valence-electron chi connectivity index (χ0n) is 17.5. The van der Waals surface area contributed by atoms with Crippen molar-refractivity contribution < 1.29 is 12.9 Å². The van der Waals surface area contributed by atoms with Gasteiger partial charge < -0.3 is 14.4 Å². The molecule has 4 aromatic rings. The van der Waals surface area contributed by atoms with Crippen LogP contribution in [0.4, 0.5) is 11.4 Å². The Morgan fingerprint density at radius 2 is 1.84 bits per heavy atom. The van der Waals surface area contributed by atoms with Crippen molar-refractivity contribution in [1.82, 2.24) is 20.1 Å².